The lowest BCUT2D eigenvalue weighted by atomic mass is 9.95. The second kappa shape index (κ2) is 3.30. The monoisotopic (exact) mass is 161 g/mol. The maximum Gasteiger partial charge on any atom is -0.0219 e. The molecule has 1 rings (SSSR count). The first kappa shape index (κ1) is 9.31. The third-order valence-corrected chi connectivity index (χ3v) is 2.39. The summed E-state index contributed by atoms with van der Waals surface area (Å²) >= 11 is 0. The number of hydrogen-bond donors (Lipinski definition) is 0. The summed E-state index contributed by atoms with van der Waals surface area (Å²) < 4.78 is 0. The third-order valence-electron chi connectivity index (χ3n) is 2.39. The van der Waals surface area contributed by atoms with Gasteiger partial charge in [0.2, 0.25) is 0 Å². The highest BCUT2D eigenvalue weighted by molar-refractivity contribution is 5.40. The third kappa shape index (κ3) is 1.69. The first-order chi connectivity index (χ1) is 5.52. The highest BCUT2D eigenvalue weighted by Gasteiger charge is 2.03. The van der Waals surface area contributed by atoms with Crippen LogP contribution in [0.3, 0.4) is 0 Å². The molecular formula is C12H17. The maximum absolute atomic E-state index is 4.02. The van der Waals surface area contributed by atoms with Crippen LogP contribution in [0.4, 0.5) is 0 Å². The summed E-state index contributed by atoms with van der Waals surface area (Å²) in [6.07, 6.45) is 0. The molecule has 0 amide bonds. The number of benzene rings is 1. The molecule has 0 aliphatic heterocycles. The molecular weight excluding hydrogens is 144 g/mol. The van der Waals surface area contributed by atoms with Crippen LogP contribution in [-0.4, -0.2) is 0 Å². The molecule has 0 aliphatic carbocycles. The van der Waals surface area contributed by atoms with Crippen LogP contribution in [0, 0.1) is 20.8 Å². The maximum atomic E-state index is 4.02. The minimum Gasteiger partial charge on any atom is -0.0587 e. The van der Waals surface area contributed by atoms with Crippen molar-refractivity contribution in [3.05, 3.63) is 41.3 Å². The summed E-state index contributed by atoms with van der Waals surface area (Å²) in [6, 6.07) is 4.47. The number of hydrogen-bond acceptors (Lipinski definition) is 0. The van der Waals surface area contributed by atoms with Gasteiger partial charge in [0.05, 0.1) is 0 Å². The van der Waals surface area contributed by atoms with Gasteiger partial charge in [-0.2, -0.15) is 0 Å². The van der Waals surface area contributed by atoms with Gasteiger partial charge in [-0.15, -0.1) is 0 Å². The van der Waals surface area contributed by atoms with Gasteiger partial charge in [0.1, 0.15) is 0 Å². The first-order valence-electron chi connectivity index (χ1n) is 4.45. The zero-order chi connectivity index (χ0) is 9.30. The van der Waals surface area contributed by atoms with Crippen LogP contribution in [0.25, 0.3) is 0 Å². The quantitative estimate of drug-likeness (QED) is 0.590. The van der Waals surface area contributed by atoms with Crippen LogP contribution in [0.5, 0.6) is 0 Å². The Balaban J connectivity index is 3.21. The van der Waals surface area contributed by atoms with Crippen LogP contribution in [0.2, 0.25) is 0 Å². The van der Waals surface area contributed by atoms with Crippen LogP contribution >= 0.6 is 0 Å². The molecule has 1 aromatic carbocycles. The zero-order valence-electron chi connectivity index (χ0n) is 8.44. The van der Waals surface area contributed by atoms with Gasteiger partial charge in [-0.3, -0.25) is 0 Å². The second-order valence-electron chi connectivity index (χ2n) is 3.79. The Morgan fingerprint density at radius 1 is 1.08 bits per heavy atom. The van der Waals surface area contributed by atoms with Crippen molar-refractivity contribution in [2.75, 3.05) is 0 Å². The molecule has 0 heterocycles. The van der Waals surface area contributed by atoms with Crippen molar-refractivity contribution in [2.24, 2.45) is 0 Å². The Kier molecular flexibility index (Phi) is 2.56. The summed E-state index contributed by atoms with van der Waals surface area (Å²) in [6.45, 7) is 12.7. The Morgan fingerprint density at radius 2 is 1.50 bits per heavy atom. The molecule has 0 heteroatoms. The standard InChI is InChI=1S/C12H17/c1-8(2)12-6-9(3)11(5)10(4)7-12/h6-8H,5H2,1-4H3. The van der Waals surface area contributed by atoms with Gasteiger partial charge in [-0.25, -0.2) is 0 Å². The van der Waals surface area contributed by atoms with Crippen molar-refractivity contribution in [2.45, 2.75) is 33.6 Å². The topological polar surface area (TPSA) is 0 Å². The fourth-order valence-electron chi connectivity index (χ4n) is 1.36. The molecule has 0 unspecified atom stereocenters. The average molecular weight is 161 g/mol. The van der Waals surface area contributed by atoms with Crippen molar-refractivity contribution < 1.29 is 0 Å². The van der Waals surface area contributed by atoms with Gasteiger partial charge in [0.15, 0.2) is 0 Å². The van der Waals surface area contributed by atoms with E-state index in [0.29, 0.717) is 5.92 Å². The van der Waals surface area contributed by atoms with Crippen LogP contribution in [0.1, 0.15) is 42.0 Å². The molecule has 0 aromatic heterocycles. The molecule has 0 aliphatic rings. The van der Waals surface area contributed by atoms with E-state index in [1.165, 1.54) is 22.3 Å². The Bertz CT molecular complexity index is 259. The van der Waals surface area contributed by atoms with E-state index in [2.05, 4.69) is 46.8 Å². The van der Waals surface area contributed by atoms with E-state index < -0.39 is 0 Å². The molecule has 0 saturated carbocycles. The lowest BCUT2D eigenvalue weighted by Gasteiger charge is -2.11. The van der Waals surface area contributed by atoms with Crippen LogP contribution in [0.15, 0.2) is 12.1 Å². The van der Waals surface area contributed by atoms with Crippen molar-refractivity contribution in [3.8, 4) is 0 Å². The van der Waals surface area contributed by atoms with Crippen molar-refractivity contribution in [3.63, 3.8) is 0 Å². The van der Waals surface area contributed by atoms with E-state index in [9.17, 15) is 0 Å². The predicted molar refractivity (Wildman–Crippen MR) is 54.5 cm³/mol. The van der Waals surface area contributed by atoms with Gasteiger partial charge in [-0.05, 0) is 48.9 Å². The van der Waals surface area contributed by atoms with Gasteiger partial charge < -0.3 is 0 Å². The van der Waals surface area contributed by atoms with Crippen molar-refractivity contribution >= 4 is 0 Å². The first-order valence-corrected chi connectivity index (χ1v) is 4.45. The number of rotatable bonds is 1. The molecule has 65 valence electrons. The van der Waals surface area contributed by atoms with E-state index in [1.54, 1.807) is 0 Å². The SMILES string of the molecule is [CH2]c1c(C)cc(C(C)C)cc1C. The molecule has 1 aromatic rings. The van der Waals surface area contributed by atoms with E-state index >= 15 is 0 Å². The molecule has 0 spiro atoms. The lowest BCUT2D eigenvalue weighted by molar-refractivity contribution is 0.862. The minimum atomic E-state index is 0.614. The number of aryl methyl sites for hydroxylation is 2. The molecule has 0 saturated heterocycles. The fraction of sp³-hybridized carbons (Fsp3) is 0.417. The highest BCUT2D eigenvalue weighted by atomic mass is 14.1. The van der Waals surface area contributed by atoms with E-state index in [0.717, 1.165) is 0 Å². The van der Waals surface area contributed by atoms with E-state index in [-0.39, 0.29) is 0 Å². The highest BCUT2D eigenvalue weighted by Crippen LogP contribution is 2.21. The summed E-state index contributed by atoms with van der Waals surface area (Å²) in [7, 11) is 0. The minimum absolute atomic E-state index is 0.614. The lowest BCUT2D eigenvalue weighted by Crippen LogP contribution is -1.93. The van der Waals surface area contributed by atoms with E-state index in [1.807, 2.05) is 0 Å². The fourth-order valence-corrected chi connectivity index (χ4v) is 1.36. The Hall–Kier alpha value is -0.780. The summed E-state index contributed by atoms with van der Waals surface area (Å²) in [5, 5.41) is 0. The Morgan fingerprint density at radius 3 is 1.83 bits per heavy atom. The molecule has 1 radical (unpaired) electrons. The smallest absolute Gasteiger partial charge is 0.0219 e. The molecule has 12 heavy (non-hydrogen) atoms. The molecule has 0 bridgehead atoms. The molecule has 0 nitrogen and oxygen atoms in total. The summed E-state index contributed by atoms with van der Waals surface area (Å²) in [5.41, 5.74) is 5.20. The zero-order valence-corrected chi connectivity index (χ0v) is 8.44. The molecule has 0 fully saturated rings. The average Bonchev–Trinajstić information content (AvgIpc) is 1.99. The van der Waals surface area contributed by atoms with Crippen LogP contribution < -0.4 is 0 Å². The molecule has 0 atom stereocenters. The van der Waals surface area contributed by atoms with E-state index in [4.69, 9.17) is 0 Å². The second-order valence-corrected chi connectivity index (χ2v) is 3.79. The Labute approximate surface area is 75.6 Å². The van der Waals surface area contributed by atoms with Crippen molar-refractivity contribution in [1.82, 2.24) is 0 Å². The molecule has 0 N–H and O–H groups in total. The van der Waals surface area contributed by atoms with Crippen molar-refractivity contribution in [1.29, 1.82) is 0 Å². The van der Waals surface area contributed by atoms with Gasteiger partial charge in [0, 0.05) is 0 Å². The van der Waals surface area contributed by atoms with Gasteiger partial charge in [0.25, 0.3) is 0 Å². The largest absolute Gasteiger partial charge is 0.0587 e. The predicted octanol–water partition coefficient (Wildman–Crippen LogP) is 3.61. The normalized spacial score (nSPS) is 10.8. The van der Waals surface area contributed by atoms with Gasteiger partial charge >= 0.3 is 0 Å². The van der Waals surface area contributed by atoms with Crippen LogP contribution in [-0.2, 0) is 0 Å². The van der Waals surface area contributed by atoms with Gasteiger partial charge in [-0.1, -0.05) is 26.0 Å². The summed E-state index contributed by atoms with van der Waals surface area (Å²) in [4.78, 5) is 0. The summed E-state index contributed by atoms with van der Waals surface area (Å²) in [5.74, 6) is 0.614.